The van der Waals surface area contributed by atoms with Gasteiger partial charge >= 0.3 is 0 Å². The lowest BCUT2D eigenvalue weighted by Crippen LogP contribution is -2.50. The molecule has 2 amide bonds. The van der Waals surface area contributed by atoms with Crippen LogP contribution in [0, 0.1) is 5.92 Å². The molecule has 1 atom stereocenters. The number of nitrogens with zero attached hydrogens (tertiary/aromatic N) is 4. The molecule has 0 aromatic heterocycles. The van der Waals surface area contributed by atoms with Gasteiger partial charge in [0.1, 0.15) is 0 Å². The van der Waals surface area contributed by atoms with Gasteiger partial charge in [0.2, 0.25) is 11.8 Å². The highest BCUT2D eigenvalue weighted by atomic mass is 127. The van der Waals surface area contributed by atoms with Gasteiger partial charge in [-0.25, -0.2) is 0 Å². The molecule has 2 aliphatic heterocycles. The first kappa shape index (κ1) is 27.4. The van der Waals surface area contributed by atoms with Gasteiger partial charge in [-0.2, -0.15) is 0 Å². The molecule has 0 saturated carbocycles. The zero-order valence-corrected chi connectivity index (χ0v) is 22.3. The minimum Gasteiger partial charge on any atom is -0.357 e. The van der Waals surface area contributed by atoms with Crippen LogP contribution >= 0.6 is 24.0 Å². The van der Waals surface area contributed by atoms with Gasteiger partial charge in [0.25, 0.3) is 0 Å². The van der Waals surface area contributed by atoms with Crippen LogP contribution in [-0.2, 0) is 16.0 Å². The van der Waals surface area contributed by atoms with Gasteiger partial charge < -0.3 is 20.4 Å². The predicted molar refractivity (Wildman–Crippen MR) is 143 cm³/mol. The van der Waals surface area contributed by atoms with Gasteiger partial charge in [-0.1, -0.05) is 30.3 Å². The van der Waals surface area contributed by atoms with Crippen LogP contribution < -0.4 is 10.6 Å². The van der Waals surface area contributed by atoms with E-state index in [1.165, 1.54) is 5.56 Å². The molecule has 0 bridgehead atoms. The summed E-state index contributed by atoms with van der Waals surface area (Å²) in [5.41, 5.74) is 1.27. The third-order valence-corrected chi connectivity index (χ3v) is 6.20. The number of aliphatic imine (C=N–C) groups is 1. The minimum atomic E-state index is 0. The van der Waals surface area contributed by atoms with Crippen LogP contribution in [0.4, 0.5) is 0 Å². The Hall–Kier alpha value is -1.88. The highest BCUT2D eigenvalue weighted by Crippen LogP contribution is 2.18. The summed E-state index contributed by atoms with van der Waals surface area (Å²) < 4.78 is 0. The zero-order chi connectivity index (χ0) is 22.8. The van der Waals surface area contributed by atoms with Gasteiger partial charge in [0, 0.05) is 84.7 Å². The molecule has 8 nitrogen and oxygen atoms in total. The lowest BCUT2D eigenvalue weighted by molar-refractivity contribution is -0.130. The van der Waals surface area contributed by atoms with Crippen molar-refractivity contribution in [1.82, 2.24) is 25.3 Å². The van der Waals surface area contributed by atoms with Crippen molar-refractivity contribution < 1.29 is 9.59 Å². The van der Waals surface area contributed by atoms with Gasteiger partial charge in [-0.3, -0.25) is 19.5 Å². The molecule has 1 aromatic rings. The van der Waals surface area contributed by atoms with Crippen LogP contribution in [-0.4, -0.2) is 97.9 Å². The smallest absolute Gasteiger partial charge is 0.223 e. The number of nitrogens with one attached hydrogen (secondary N) is 2. The molecule has 0 radical (unpaired) electrons. The normalized spacial score (nSPS) is 19.4. The molecule has 184 valence electrons. The summed E-state index contributed by atoms with van der Waals surface area (Å²) >= 11 is 0. The number of benzene rings is 1. The van der Waals surface area contributed by atoms with E-state index in [9.17, 15) is 9.59 Å². The van der Waals surface area contributed by atoms with Gasteiger partial charge in [0.05, 0.1) is 0 Å². The van der Waals surface area contributed by atoms with Crippen molar-refractivity contribution in [3.63, 3.8) is 0 Å². The highest BCUT2D eigenvalue weighted by molar-refractivity contribution is 14.0. The van der Waals surface area contributed by atoms with Crippen molar-refractivity contribution >= 4 is 41.8 Å². The zero-order valence-electron chi connectivity index (χ0n) is 20.0. The third-order valence-electron chi connectivity index (χ3n) is 6.20. The van der Waals surface area contributed by atoms with Crippen LogP contribution in [0.3, 0.4) is 0 Å². The molecule has 2 heterocycles. The predicted octanol–water partition coefficient (Wildman–Crippen LogP) is 1.41. The van der Waals surface area contributed by atoms with Crippen LogP contribution in [0.5, 0.6) is 0 Å². The first-order valence-corrected chi connectivity index (χ1v) is 11.9. The fourth-order valence-corrected chi connectivity index (χ4v) is 4.28. The largest absolute Gasteiger partial charge is 0.357 e. The maximum atomic E-state index is 12.4. The van der Waals surface area contributed by atoms with E-state index in [1.54, 1.807) is 6.92 Å². The SMILES string of the molecule is CCNC(=NCC1CC(=O)N(CCc2ccccc2)C1)NCCN1CCN(C(C)=O)CC1.I. The minimum absolute atomic E-state index is 0. The number of amides is 2. The van der Waals surface area contributed by atoms with Crippen molar-refractivity contribution in [2.45, 2.75) is 26.7 Å². The third kappa shape index (κ3) is 9.11. The van der Waals surface area contributed by atoms with Gasteiger partial charge in [-0.05, 0) is 18.9 Å². The first-order chi connectivity index (χ1) is 15.5. The number of hydrogen-bond acceptors (Lipinski definition) is 4. The monoisotopic (exact) mass is 570 g/mol. The number of hydrogen-bond donors (Lipinski definition) is 2. The fraction of sp³-hybridized carbons (Fsp3) is 0.625. The summed E-state index contributed by atoms with van der Waals surface area (Å²) in [5, 5.41) is 6.72. The fourth-order valence-electron chi connectivity index (χ4n) is 4.28. The molecular formula is C24H39IN6O2. The molecule has 2 fully saturated rings. The van der Waals surface area contributed by atoms with E-state index >= 15 is 0 Å². The van der Waals surface area contributed by atoms with E-state index in [2.05, 4.69) is 34.6 Å². The average molecular weight is 571 g/mol. The van der Waals surface area contributed by atoms with E-state index in [1.807, 2.05) is 28.0 Å². The highest BCUT2D eigenvalue weighted by Gasteiger charge is 2.29. The Labute approximate surface area is 215 Å². The van der Waals surface area contributed by atoms with Crippen molar-refractivity contribution in [2.75, 3.05) is 65.4 Å². The lowest BCUT2D eigenvalue weighted by Gasteiger charge is -2.34. The van der Waals surface area contributed by atoms with Crippen LogP contribution in [0.2, 0.25) is 0 Å². The van der Waals surface area contributed by atoms with E-state index in [-0.39, 0.29) is 41.7 Å². The Balaban J connectivity index is 0.00000385. The molecule has 2 saturated heterocycles. The lowest BCUT2D eigenvalue weighted by atomic mass is 10.1. The van der Waals surface area contributed by atoms with E-state index in [0.29, 0.717) is 13.0 Å². The molecule has 9 heteroatoms. The van der Waals surface area contributed by atoms with E-state index in [4.69, 9.17) is 4.99 Å². The van der Waals surface area contributed by atoms with Crippen LogP contribution in [0.25, 0.3) is 0 Å². The number of piperazine rings is 1. The molecule has 0 spiro atoms. The molecule has 0 aliphatic carbocycles. The number of carbonyl (C=O) groups is 2. The topological polar surface area (TPSA) is 80.3 Å². The summed E-state index contributed by atoms with van der Waals surface area (Å²) in [6.45, 7) is 11.9. The Bertz CT molecular complexity index is 767. The Kier molecular flexibility index (Phi) is 11.9. The van der Waals surface area contributed by atoms with Crippen LogP contribution in [0.15, 0.2) is 35.3 Å². The van der Waals surface area contributed by atoms with Gasteiger partial charge in [-0.15, -0.1) is 24.0 Å². The maximum absolute atomic E-state index is 12.4. The number of rotatable bonds is 9. The quantitative estimate of drug-likeness (QED) is 0.267. The van der Waals surface area contributed by atoms with Gasteiger partial charge in [0.15, 0.2) is 5.96 Å². The molecule has 2 N–H and O–H groups in total. The van der Waals surface area contributed by atoms with Crippen LogP contribution in [0.1, 0.15) is 25.8 Å². The standard InChI is InChI=1S/C24H38N6O2.HI/c1-3-25-24(26-10-12-28-13-15-29(16-14-28)20(2)31)27-18-22-17-23(32)30(19-22)11-9-21-7-5-4-6-8-21;/h4-8,22H,3,9-19H2,1-2H3,(H2,25,26,27);1H. The number of guanidine groups is 1. The second kappa shape index (κ2) is 14.4. The number of carbonyl (C=O) groups excluding carboxylic acids is 2. The molecule has 1 unspecified atom stereocenters. The molecule has 1 aromatic carbocycles. The molecular weight excluding hydrogens is 531 g/mol. The second-order valence-corrected chi connectivity index (χ2v) is 8.64. The van der Waals surface area contributed by atoms with E-state index < -0.39 is 0 Å². The van der Waals surface area contributed by atoms with Crippen molar-refractivity contribution in [3.05, 3.63) is 35.9 Å². The summed E-state index contributed by atoms with van der Waals surface area (Å²) in [7, 11) is 0. The maximum Gasteiger partial charge on any atom is 0.223 e. The molecule has 2 aliphatic rings. The first-order valence-electron chi connectivity index (χ1n) is 11.9. The Morgan fingerprint density at radius 1 is 1.09 bits per heavy atom. The summed E-state index contributed by atoms with van der Waals surface area (Å²) in [6.07, 6.45) is 1.48. The number of likely N-dealkylation sites (tertiary alicyclic amines) is 1. The molecule has 33 heavy (non-hydrogen) atoms. The summed E-state index contributed by atoms with van der Waals surface area (Å²) in [4.78, 5) is 34.9. The second-order valence-electron chi connectivity index (χ2n) is 8.64. The van der Waals surface area contributed by atoms with Crippen molar-refractivity contribution in [2.24, 2.45) is 10.9 Å². The van der Waals surface area contributed by atoms with E-state index in [0.717, 1.165) is 71.3 Å². The Morgan fingerprint density at radius 2 is 1.82 bits per heavy atom. The average Bonchev–Trinajstić information content (AvgIpc) is 3.16. The summed E-state index contributed by atoms with van der Waals surface area (Å²) in [6, 6.07) is 10.3. The molecule has 3 rings (SSSR count). The van der Waals surface area contributed by atoms with Crippen molar-refractivity contribution in [1.29, 1.82) is 0 Å². The Morgan fingerprint density at radius 3 is 2.48 bits per heavy atom. The number of halogens is 1. The van der Waals surface area contributed by atoms with Crippen molar-refractivity contribution in [3.8, 4) is 0 Å². The summed E-state index contributed by atoms with van der Waals surface area (Å²) in [5.74, 6) is 1.48.